The number of hydrogen-bond donors (Lipinski definition) is 0. The summed E-state index contributed by atoms with van der Waals surface area (Å²) in [5.74, 6) is 2.06. The van der Waals surface area contributed by atoms with Gasteiger partial charge in [-0.3, -0.25) is 4.79 Å². The number of rotatable bonds is 2. The molecule has 0 fully saturated rings. The lowest BCUT2D eigenvalue weighted by molar-refractivity contribution is -0.155. The van der Waals surface area contributed by atoms with Gasteiger partial charge in [-0.15, -0.1) is 6.42 Å². The molecule has 0 aliphatic rings. The molecule has 2 heterocycles. The number of benzene rings is 1. The third-order valence-electron chi connectivity index (χ3n) is 4.37. The van der Waals surface area contributed by atoms with Gasteiger partial charge >= 0.3 is 11.6 Å². The zero-order valence-corrected chi connectivity index (χ0v) is 15.6. The number of aryl methyl sites for hydroxylation is 1. The fourth-order valence-corrected chi connectivity index (χ4v) is 3.17. The van der Waals surface area contributed by atoms with Crippen molar-refractivity contribution in [3.05, 3.63) is 45.4 Å². The highest BCUT2D eigenvalue weighted by Crippen LogP contribution is 2.32. The first kappa shape index (κ1) is 17.8. The summed E-state index contributed by atoms with van der Waals surface area (Å²) in [6.07, 6.45) is 5.41. The minimum atomic E-state index is -0.541. The van der Waals surface area contributed by atoms with Crippen molar-refractivity contribution in [1.82, 2.24) is 4.57 Å². The van der Waals surface area contributed by atoms with E-state index in [-0.39, 0.29) is 18.1 Å². The van der Waals surface area contributed by atoms with Crippen LogP contribution in [0.25, 0.3) is 21.9 Å². The van der Waals surface area contributed by atoms with Crippen LogP contribution in [0.15, 0.2) is 27.4 Å². The first-order chi connectivity index (χ1) is 12.1. The molecule has 134 valence electrons. The van der Waals surface area contributed by atoms with Crippen molar-refractivity contribution in [2.24, 2.45) is 0 Å². The number of nitrogens with zero attached hydrogens (tertiary/aromatic N) is 1. The van der Waals surface area contributed by atoms with Crippen LogP contribution in [0.4, 0.5) is 0 Å². The molecular formula is C21H21NO4. The van der Waals surface area contributed by atoms with Gasteiger partial charge in [-0.2, -0.15) is 0 Å². The molecule has 0 N–H and O–H groups in total. The Morgan fingerprint density at radius 3 is 2.62 bits per heavy atom. The van der Waals surface area contributed by atoms with E-state index in [1.54, 1.807) is 12.1 Å². The van der Waals surface area contributed by atoms with Crippen LogP contribution in [0.3, 0.4) is 0 Å². The van der Waals surface area contributed by atoms with Crippen LogP contribution >= 0.6 is 0 Å². The molecule has 0 radical (unpaired) electrons. The summed E-state index contributed by atoms with van der Waals surface area (Å²) in [5.41, 5.74) is 2.41. The van der Waals surface area contributed by atoms with E-state index in [0.717, 1.165) is 27.5 Å². The molecule has 3 aromatic rings. The highest BCUT2D eigenvalue weighted by atomic mass is 16.6. The monoisotopic (exact) mass is 351 g/mol. The third kappa shape index (κ3) is 2.99. The maximum absolute atomic E-state index is 12.3. The molecule has 3 rings (SSSR count). The van der Waals surface area contributed by atoms with E-state index in [0.29, 0.717) is 5.58 Å². The smallest absolute Gasteiger partial charge is 0.352 e. The fraction of sp³-hybridized carbons (Fsp3) is 0.333. The van der Waals surface area contributed by atoms with Gasteiger partial charge in [0.25, 0.3) is 0 Å². The zero-order valence-electron chi connectivity index (χ0n) is 15.6. The van der Waals surface area contributed by atoms with Crippen LogP contribution in [0, 0.1) is 26.2 Å². The van der Waals surface area contributed by atoms with Crippen LogP contribution in [0.5, 0.6) is 0 Å². The highest BCUT2D eigenvalue weighted by molar-refractivity contribution is 6.07. The Morgan fingerprint density at radius 1 is 1.31 bits per heavy atom. The largest absolute Gasteiger partial charge is 0.459 e. The van der Waals surface area contributed by atoms with E-state index in [2.05, 4.69) is 5.92 Å². The van der Waals surface area contributed by atoms with E-state index < -0.39 is 11.2 Å². The van der Waals surface area contributed by atoms with Gasteiger partial charge in [-0.1, -0.05) is 5.92 Å². The maximum atomic E-state index is 12.3. The molecule has 0 atom stereocenters. The predicted molar refractivity (Wildman–Crippen MR) is 101 cm³/mol. The van der Waals surface area contributed by atoms with Gasteiger partial charge in [0.15, 0.2) is 0 Å². The molecule has 5 nitrogen and oxygen atoms in total. The van der Waals surface area contributed by atoms with Gasteiger partial charge in [0, 0.05) is 22.0 Å². The number of carbonyl (C=O) groups excluding carboxylic acids is 1. The van der Waals surface area contributed by atoms with Crippen molar-refractivity contribution in [2.45, 2.75) is 46.8 Å². The van der Waals surface area contributed by atoms with Gasteiger partial charge in [-0.25, -0.2) is 4.79 Å². The SMILES string of the molecule is C#Cc1cc2c(ccc3c2c(C)c(C)n3CC(=O)OC(C)(C)C)oc1=O. The number of carbonyl (C=O) groups is 1. The lowest BCUT2D eigenvalue weighted by atomic mass is 10.1. The number of hydrogen-bond acceptors (Lipinski definition) is 4. The number of ether oxygens (including phenoxy) is 1. The van der Waals surface area contributed by atoms with Crippen LogP contribution < -0.4 is 5.63 Å². The van der Waals surface area contributed by atoms with Crippen molar-refractivity contribution >= 4 is 27.8 Å². The van der Waals surface area contributed by atoms with Crippen LogP contribution in [0.2, 0.25) is 0 Å². The standard InChI is InChI=1S/C21H21NO4/c1-7-14-10-15-17(25-20(14)24)9-8-16-19(15)12(2)13(3)22(16)11-18(23)26-21(4,5)6/h1,8-10H,11H2,2-6H3. The topological polar surface area (TPSA) is 61.4 Å². The molecule has 0 spiro atoms. The van der Waals surface area contributed by atoms with Crippen LogP contribution in [0.1, 0.15) is 37.6 Å². The lowest BCUT2D eigenvalue weighted by Crippen LogP contribution is -2.26. The molecule has 2 aromatic heterocycles. The predicted octanol–water partition coefficient (Wildman–Crippen LogP) is 3.69. The van der Waals surface area contributed by atoms with Gasteiger partial charge in [0.1, 0.15) is 23.3 Å². The Hall–Kier alpha value is -3.00. The first-order valence-corrected chi connectivity index (χ1v) is 8.37. The fourth-order valence-electron chi connectivity index (χ4n) is 3.17. The summed E-state index contributed by atoms with van der Waals surface area (Å²) in [6, 6.07) is 5.25. The average molecular weight is 351 g/mol. The minimum absolute atomic E-state index is 0.109. The second-order valence-corrected chi connectivity index (χ2v) is 7.35. The normalized spacial score (nSPS) is 11.7. The van der Waals surface area contributed by atoms with E-state index in [4.69, 9.17) is 15.6 Å². The second-order valence-electron chi connectivity index (χ2n) is 7.35. The molecule has 0 amide bonds. The van der Waals surface area contributed by atoms with E-state index in [1.807, 2.05) is 45.3 Å². The Balaban J connectivity index is 2.22. The summed E-state index contributed by atoms with van der Waals surface area (Å²) in [7, 11) is 0. The molecule has 0 unspecified atom stereocenters. The molecule has 5 heteroatoms. The summed E-state index contributed by atoms with van der Waals surface area (Å²) < 4.78 is 12.7. The van der Waals surface area contributed by atoms with Crippen molar-refractivity contribution in [3.63, 3.8) is 0 Å². The summed E-state index contributed by atoms with van der Waals surface area (Å²) in [5, 5.41) is 1.68. The van der Waals surface area contributed by atoms with E-state index in [9.17, 15) is 9.59 Å². The van der Waals surface area contributed by atoms with Crippen LogP contribution in [-0.2, 0) is 16.1 Å². The number of fused-ring (bicyclic) bond motifs is 3. The summed E-state index contributed by atoms with van der Waals surface area (Å²) in [4.78, 5) is 24.2. The zero-order chi connectivity index (χ0) is 19.2. The molecule has 0 bridgehead atoms. The van der Waals surface area contributed by atoms with Gasteiger partial charge in [0.2, 0.25) is 0 Å². The quantitative estimate of drug-likeness (QED) is 0.401. The summed E-state index contributed by atoms with van der Waals surface area (Å²) in [6.45, 7) is 9.56. The second kappa shape index (κ2) is 6.06. The molecule has 0 aliphatic carbocycles. The Kier molecular flexibility index (Phi) is 4.15. The molecule has 26 heavy (non-hydrogen) atoms. The van der Waals surface area contributed by atoms with Crippen LogP contribution in [-0.4, -0.2) is 16.1 Å². The highest BCUT2D eigenvalue weighted by Gasteiger charge is 2.21. The minimum Gasteiger partial charge on any atom is -0.459 e. The van der Waals surface area contributed by atoms with Gasteiger partial charge in [0.05, 0.1) is 0 Å². The number of esters is 1. The number of aromatic nitrogens is 1. The van der Waals surface area contributed by atoms with Crippen molar-refractivity contribution in [1.29, 1.82) is 0 Å². The molecule has 1 aromatic carbocycles. The Bertz CT molecular complexity index is 1130. The van der Waals surface area contributed by atoms with Crippen molar-refractivity contribution in [2.75, 3.05) is 0 Å². The van der Waals surface area contributed by atoms with E-state index in [1.165, 1.54) is 0 Å². The molecule has 0 saturated carbocycles. The molecular weight excluding hydrogens is 330 g/mol. The molecule has 0 saturated heterocycles. The Labute approximate surface area is 151 Å². The third-order valence-corrected chi connectivity index (χ3v) is 4.37. The van der Waals surface area contributed by atoms with Gasteiger partial charge in [-0.05, 0) is 58.4 Å². The average Bonchev–Trinajstić information content (AvgIpc) is 2.77. The Morgan fingerprint density at radius 2 is 2.00 bits per heavy atom. The van der Waals surface area contributed by atoms with Crippen molar-refractivity contribution < 1.29 is 13.9 Å². The molecule has 0 aliphatic heterocycles. The lowest BCUT2D eigenvalue weighted by Gasteiger charge is -2.20. The number of terminal acetylenes is 1. The maximum Gasteiger partial charge on any atom is 0.352 e. The summed E-state index contributed by atoms with van der Waals surface area (Å²) >= 11 is 0. The van der Waals surface area contributed by atoms with E-state index >= 15 is 0 Å². The van der Waals surface area contributed by atoms with Gasteiger partial charge < -0.3 is 13.7 Å². The first-order valence-electron chi connectivity index (χ1n) is 8.37. The van der Waals surface area contributed by atoms with Crippen molar-refractivity contribution in [3.8, 4) is 12.3 Å².